The summed E-state index contributed by atoms with van der Waals surface area (Å²) in [4.78, 5) is 24.6. The third-order valence-electron chi connectivity index (χ3n) is 3.29. The van der Waals surface area contributed by atoms with E-state index in [9.17, 15) is 9.59 Å². The van der Waals surface area contributed by atoms with Crippen LogP contribution >= 0.6 is 34.8 Å². The van der Waals surface area contributed by atoms with E-state index in [2.05, 4.69) is 0 Å². The highest BCUT2D eigenvalue weighted by molar-refractivity contribution is 6.46. The maximum absolute atomic E-state index is 12.4. The topological polar surface area (TPSA) is 61.8 Å². The molecule has 2 aromatic carbocycles. The number of Topliss-reactive ketones (excluding diaryl/α,β-unsaturated/α-hetero) is 1. The zero-order valence-corrected chi connectivity index (χ0v) is 15.5. The van der Waals surface area contributed by atoms with Crippen molar-refractivity contribution in [2.75, 3.05) is 20.8 Å². The molecule has 0 aliphatic rings. The molecule has 0 amide bonds. The molecular formula is C17H13Cl3O5. The molecule has 25 heavy (non-hydrogen) atoms. The second-order valence-electron chi connectivity index (χ2n) is 4.78. The highest BCUT2D eigenvalue weighted by Crippen LogP contribution is 2.32. The molecule has 0 fully saturated rings. The number of benzene rings is 2. The zero-order valence-electron chi connectivity index (χ0n) is 13.3. The van der Waals surface area contributed by atoms with Crippen LogP contribution in [0.25, 0.3) is 0 Å². The molecule has 2 aromatic rings. The van der Waals surface area contributed by atoms with Gasteiger partial charge in [0.15, 0.2) is 6.61 Å². The minimum absolute atomic E-state index is 0.0365. The van der Waals surface area contributed by atoms with Gasteiger partial charge in [0.05, 0.1) is 40.4 Å². The Balaban J connectivity index is 2.18. The van der Waals surface area contributed by atoms with Gasteiger partial charge in [0.25, 0.3) is 0 Å². The van der Waals surface area contributed by atoms with Gasteiger partial charge < -0.3 is 14.2 Å². The van der Waals surface area contributed by atoms with Gasteiger partial charge in [-0.25, -0.2) is 4.79 Å². The van der Waals surface area contributed by atoms with Crippen molar-refractivity contribution in [1.29, 1.82) is 0 Å². The highest BCUT2D eigenvalue weighted by atomic mass is 35.5. The van der Waals surface area contributed by atoms with Crippen LogP contribution < -0.4 is 9.47 Å². The van der Waals surface area contributed by atoms with E-state index in [0.29, 0.717) is 11.5 Å². The van der Waals surface area contributed by atoms with Crippen LogP contribution in [0.4, 0.5) is 0 Å². The van der Waals surface area contributed by atoms with E-state index in [0.717, 1.165) is 0 Å². The van der Waals surface area contributed by atoms with Crippen molar-refractivity contribution < 1.29 is 23.8 Å². The normalized spacial score (nSPS) is 10.3. The Hall–Kier alpha value is -1.95. The fourth-order valence-corrected chi connectivity index (χ4v) is 2.71. The Morgan fingerprint density at radius 3 is 2.28 bits per heavy atom. The predicted octanol–water partition coefficient (Wildman–Crippen LogP) is 4.70. The minimum Gasteiger partial charge on any atom is -0.497 e. The quantitative estimate of drug-likeness (QED) is 0.397. The number of esters is 1. The van der Waals surface area contributed by atoms with E-state index in [1.54, 1.807) is 12.1 Å². The van der Waals surface area contributed by atoms with Gasteiger partial charge >= 0.3 is 5.97 Å². The lowest BCUT2D eigenvalue weighted by Crippen LogP contribution is -2.16. The summed E-state index contributed by atoms with van der Waals surface area (Å²) in [5.41, 5.74) is 0.124. The van der Waals surface area contributed by atoms with Crippen LogP contribution in [0.1, 0.15) is 20.7 Å². The molecule has 0 unspecified atom stereocenters. The fourth-order valence-electron chi connectivity index (χ4n) is 2.03. The molecule has 0 saturated carbocycles. The molecule has 5 nitrogen and oxygen atoms in total. The van der Waals surface area contributed by atoms with Crippen molar-refractivity contribution in [3.63, 3.8) is 0 Å². The standard InChI is InChI=1S/C17H13Cl3O5/c1-23-9-3-6-14(24-2)10(7-9)13(21)8-25-17(22)15-11(18)4-5-12(19)16(15)20/h3-7H,8H2,1-2H3. The van der Waals surface area contributed by atoms with Crippen LogP contribution in [0.2, 0.25) is 15.1 Å². The predicted molar refractivity (Wildman–Crippen MR) is 95.6 cm³/mol. The van der Waals surface area contributed by atoms with Gasteiger partial charge in [-0.1, -0.05) is 34.8 Å². The lowest BCUT2D eigenvalue weighted by Gasteiger charge is -2.11. The largest absolute Gasteiger partial charge is 0.497 e. The Labute approximate surface area is 159 Å². The van der Waals surface area contributed by atoms with Crippen molar-refractivity contribution in [1.82, 2.24) is 0 Å². The first kappa shape index (κ1) is 19.4. The highest BCUT2D eigenvalue weighted by Gasteiger charge is 2.21. The monoisotopic (exact) mass is 402 g/mol. The van der Waals surface area contributed by atoms with Crippen molar-refractivity contribution >= 4 is 46.6 Å². The number of carbonyl (C=O) groups is 2. The van der Waals surface area contributed by atoms with E-state index >= 15 is 0 Å². The van der Waals surface area contributed by atoms with Gasteiger partial charge in [0.1, 0.15) is 11.5 Å². The van der Waals surface area contributed by atoms with Crippen LogP contribution in [0, 0.1) is 0 Å². The Kier molecular flexibility index (Phi) is 6.53. The van der Waals surface area contributed by atoms with Crippen LogP contribution in [-0.2, 0) is 4.74 Å². The average molecular weight is 404 g/mol. The lowest BCUT2D eigenvalue weighted by atomic mass is 10.1. The zero-order chi connectivity index (χ0) is 18.6. The van der Waals surface area contributed by atoms with E-state index in [1.807, 2.05) is 0 Å². The third-order valence-corrected chi connectivity index (χ3v) is 4.41. The summed E-state index contributed by atoms with van der Waals surface area (Å²) >= 11 is 17.8. The number of halogens is 3. The van der Waals surface area contributed by atoms with E-state index in [1.165, 1.54) is 32.4 Å². The summed E-state index contributed by atoms with van der Waals surface area (Å²) < 4.78 is 15.2. The number of hydrogen-bond acceptors (Lipinski definition) is 5. The molecule has 0 aliphatic heterocycles. The molecule has 0 aromatic heterocycles. The van der Waals surface area contributed by atoms with Gasteiger partial charge in [-0.05, 0) is 30.3 Å². The maximum Gasteiger partial charge on any atom is 0.341 e. The first-order valence-electron chi connectivity index (χ1n) is 6.95. The van der Waals surface area contributed by atoms with Gasteiger partial charge in [-0.15, -0.1) is 0 Å². The smallest absolute Gasteiger partial charge is 0.341 e. The van der Waals surface area contributed by atoms with Crippen molar-refractivity contribution in [2.45, 2.75) is 0 Å². The van der Waals surface area contributed by atoms with Crippen LogP contribution in [0.15, 0.2) is 30.3 Å². The summed E-state index contributed by atoms with van der Waals surface area (Å²) in [6, 6.07) is 7.59. The minimum atomic E-state index is -0.854. The molecule has 8 heteroatoms. The molecule has 0 bridgehead atoms. The Morgan fingerprint density at radius 1 is 0.960 bits per heavy atom. The molecule has 0 N–H and O–H groups in total. The maximum atomic E-state index is 12.4. The molecule has 0 spiro atoms. The first-order valence-corrected chi connectivity index (χ1v) is 8.08. The molecule has 0 heterocycles. The van der Waals surface area contributed by atoms with Crippen LogP contribution in [-0.4, -0.2) is 32.6 Å². The van der Waals surface area contributed by atoms with Crippen molar-refractivity contribution in [2.24, 2.45) is 0 Å². The summed E-state index contributed by atoms with van der Waals surface area (Å²) in [6.07, 6.45) is 0. The number of hydrogen-bond donors (Lipinski definition) is 0. The number of carbonyl (C=O) groups excluding carboxylic acids is 2. The second kappa shape index (κ2) is 8.43. The molecule has 132 valence electrons. The SMILES string of the molecule is COc1ccc(OC)c(C(=O)COC(=O)c2c(Cl)ccc(Cl)c2Cl)c1. The van der Waals surface area contributed by atoms with E-state index in [-0.39, 0.29) is 26.2 Å². The lowest BCUT2D eigenvalue weighted by molar-refractivity contribution is 0.0474. The summed E-state index contributed by atoms with van der Waals surface area (Å²) in [5, 5.41) is 0.190. The first-order chi connectivity index (χ1) is 11.9. The number of methoxy groups -OCH3 is 2. The number of ether oxygens (including phenoxy) is 3. The van der Waals surface area contributed by atoms with Gasteiger partial charge in [-0.3, -0.25) is 4.79 Å². The Morgan fingerprint density at radius 2 is 1.64 bits per heavy atom. The molecular weight excluding hydrogens is 391 g/mol. The summed E-state index contributed by atoms with van der Waals surface area (Å²) in [7, 11) is 2.90. The van der Waals surface area contributed by atoms with Crippen LogP contribution in [0.5, 0.6) is 11.5 Å². The summed E-state index contributed by atoms with van der Waals surface area (Å²) in [6.45, 7) is -0.526. The third kappa shape index (κ3) is 4.37. The number of ketones is 1. The molecule has 2 rings (SSSR count). The van der Waals surface area contributed by atoms with Gasteiger partial charge in [-0.2, -0.15) is 0 Å². The Bertz CT molecular complexity index is 820. The molecule has 0 atom stereocenters. The van der Waals surface area contributed by atoms with E-state index in [4.69, 9.17) is 49.0 Å². The molecule has 0 radical (unpaired) electrons. The van der Waals surface area contributed by atoms with Crippen LogP contribution in [0.3, 0.4) is 0 Å². The molecule has 0 aliphatic carbocycles. The van der Waals surface area contributed by atoms with Gasteiger partial charge in [0.2, 0.25) is 5.78 Å². The average Bonchev–Trinajstić information content (AvgIpc) is 2.62. The second-order valence-corrected chi connectivity index (χ2v) is 5.98. The molecule has 0 saturated heterocycles. The fraction of sp³-hybridized carbons (Fsp3) is 0.176. The summed E-state index contributed by atoms with van der Waals surface area (Å²) in [5.74, 6) is -0.525. The number of rotatable bonds is 6. The van der Waals surface area contributed by atoms with Crippen molar-refractivity contribution in [3.8, 4) is 11.5 Å². The van der Waals surface area contributed by atoms with E-state index < -0.39 is 18.4 Å². The van der Waals surface area contributed by atoms with Gasteiger partial charge in [0, 0.05) is 0 Å². The van der Waals surface area contributed by atoms with Crippen molar-refractivity contribution in [3.05, 3.63) is 56.5 Å².